The van der Waals surface area contributed by atoms with E-state index in [1.807, 2.05) is 0 Å². The van der Waals surface area contributed by atoms with Gasteiger partial charge in [-0.1, -0.05) is 12.7 Å². The van der Waals surface area contributed by atoms with Crippen molar-refractivity contribution < 1.29 is 23.8 Å². The minimum absolute atomic E-state index is 0.0376. The molecule has 0 atom stereocenters. The van der Waals surface area contributed by atoms with Crippen molar-refractivity contribution in [2.75, 3.05) is 6.61 Å². The molecule has 0 aromatic carbocycles. The number of ether oxygens (including phenoxy) is 1. The summed E-state index contributed by atoms with van der Waals surface area (Å²) in [5.74, 6) is -0.879. The van der Waals surface area contributed by atoms with Crippen LogP contribution in [0, 0.1) is 6.92 Å². The number of carboxylic acids is 1. The number of hydrogen-bond donors (Lipinski definition) is 2. The van der Waals surface area contributed by atoms with Crippen LogP contribution in [-0.4, -0.2) is 28.8 Å². The normalized spacial score (nSPS) is 9.71. The van der Waals surface area contributed by atoms with Gasteiger partial charge in [0.15, 0.2) is 5.69 Å². The van der Waals surface area contributed by atoms with Crippen molar-refractivity contribution >= 4 is 12.1 Å². The van der Waals surface area contributed by atoms with Gasteiger partial charge in [0.2, 0.25) is 5.89 Å². The van der Waals surface area contributed by atoms with Crippen LogP contribution in [0.5, 0.6) is 0 Å². The average molecular weight is 240 g/mol. The molecule has 0 aliphatic carbocycles. The highest BCUT2D eigenvalue weighted by molar-refractivity contribution is 5.86. The molecule has 0 unspecified atom stereocenters. The number of aryl methyl sites for hydroxylation is 1. The maximum atomic E-state index is 11.0. The van der Waals surface area contributed by atoms with Gasteiger partial charge < -0.3 is 19.6 Å². The number of rotatable bonds is 5. The van der Waals surface area contributed by atoms with Crippen molar-refractivity contribution in [2.45, 2.75) is 13.5 Å². The molecule has 7 heteroatoms. The molecule has 92 valence electrons. The second kappa shape index (κ2) is 5.69. The summed E-state index contributed by atoms with van der Waals surface area (Å²) in [4.78, 5) is 25.4. The maximum absolute atomic E-state index is 11.0. The highest BCUT2D eigenvalue weighted by Crippen LogP contribution is 2.09. The van der Waals surface area contributed by atoms with Crippen molar-refractivity contribution in [1.82, 2.24) is 10.3 Å². The fourth-order valence-corrected chi connectivity index (χ4v) is 1.06. The molecule has 1 heterocycles. The van der Waals surface area contributed by atoms with Crippen molar-refractivity contribution in [2.24, 2.45) is 0 Å². The Morgan fingerprint density at radius 2 is 2.35 bits per heavy atom. The molecule has 7 nitrogen and oxygen atoms in total. The van der Waals surface area contributed by atoms with Crippen LogP contribution in [0.4, 0.5) is 4.79 Å². The van der Waals surface area contributed by atoms with Crippen molar-refractivity contribution in [3.05, 3.63) is 30.0 Å². The SMILES string of the molecule is C=CCOC(=O)NCc1nc(C(=O)O)c(C)o1. The van der Waals surface area contributed by atoms with Gasteiger partial charge in [0.05, 0.1) is 6.54 Å². The van der Waals surface area contributed by atoms with Crippen LogP contribution < -0.4 is 5.32 Å². The number of hydrogen-bond acceptors (Lipinski definition) is 5. The Bertz CT molecular complexity index is 438. The van der Waals surface area contributed by atoms with Gasteiger partial charge in [0.1, 0.15) is 12.4 Å². The first-order valence-corrected chi connectivity index (χ1v) is 4.75. The van der Waals surface area contributed by atoms with Crippen LogP contribution in [0.3, 0.4) is 0 Å². The number of aromatic nitrogens is 1. The van der Waals surface area contributed by atoms with Crippen LogP contribution in [0.15, 0.2) is 17.1 Å². The molecule has 1 amide bonds. The fraction of sp³-hybridized carbons (Fsp3) is 0.300. The molecule has 0 saturated carbocycles. The average Bonchev–Trinajstić information content (AvgIpc) is 2.65. The van der Waals surface area contributed by atoms with Crippen molar-refractivity contribution in [3.8, 4) is 0 Å². The number of oxazole rings is 1. The van der Waals surface area contributed by atoms with E-state index in [-0.39, 0.29) is 30.5 Å². The first-order chi connectivity index (χ1) is 8.04. The van der Waals surface area contributed by atoms with Gasteiger partial charge in [-0.3, -0.25) is 0 Å². The van der Waals surface area contributed by atoms with Crippen molar-refractivity contribution in [1.29, 1.82) is 0 Å². The highest BCUT2D eigenvalue weighted by atomic mass is 16.5. The summed E-state index contributed by atoms with van der Waals surface area (Å²) < 4.78 is 9.69. The lowest BCUT2D eigenvalue weighted by atomic mass is 10.4. The first kappa shape index (κ1) is 12.8. The van der Waals surface area contributed by atoms with Crippen LogP contribution in [0.2, 0.25) is 0 Å². The van der Waals surface area contributed by atoms with E-state index in [2.05, 4.69) is 21.6 Å². The number of carbonyl (C=O) groups excluding carboxylic acids is 1. The van der Waals surface area contributed by atoms with Crippen LogP contribution in [0.25, 0.3) is 0 Å². The molecule has 0 bridgehead atoms. The standard InChI is InChI=1S/C10H12N2O5/c1-3-4-16-10(15)11-5-7-12-8(9(13)14)6(2)17-7/h3H,1,4-5H2,2H3,(H,11,15)(H,13,14). The summed E-state index contributed by atoms with van der Waals surface area (Å²) in [6.07, 6.45) is 0.773. The zero-order valence-corrected chi connectivity index (χ0v) is 9.23. The van der Waals surface area contributed by atoms with Crippen LogP contribution in [-0.2, 0) is 11.3 Å². The molecule has 0 saturated heterocycles. The minimum Gasteiger partial charge on any atom is -0.476 e. The Hall–Kier alpha value is -2.31. The van der Waals surface area contributed by atoms with Gasteiger partial charge in [0.25, 0.3) is 0 Å². The second-order valence-electron chi connectivity index (χ2n) is 3.06. The predicted molar refractivity (Wildman–Crippen MR) is 56.6 cm³/mol. The number of nitrogens with one attached hydrogen (secondary N) is 1. The van der Waals surface area contributed by atoms with Crippen LogP contribution in [0.1, 0.15) is 22.1 Å². The molecular weight excluding hydrogens is 228 g/mol. The number of alkyl carbamates (subject to hydrolysis) is 1. The Morgan fingerprint density at radius 1 is 1.65 bits per heavy atom. The lowest BCUT2D eigenvalue weighted by molar-refractivity contribution is 0.0689. The van der Waals surface area contributed by atoms with Gasteiger partial charge >= 0.3 is 12.1 Å². The van der Waals surface area contributed by atoms with Gasteiger partial charge in [-0.05, 0) is 6.92 Å². The van der Waals surface area contributed by atoms with Gasteiger partial charge in [-0.15, -0.1) is 0 Å². The molecule has 1 aromatic rings. The van der Waals surface area contributed by atoms with E-state index in [9.17, 15) is 9.59 Å². The molecule has 1 rings (SSSR count). The summed E-state index contributed by atoms with van der Waals surface area (Å²) in [6.45, 7) is 4.92. The van der Waals surface area contributed by atoms with E-state index >= 15 is 0 Å². The van der Waals surface area contributed by atoms with Gasteiger partial charge in [-0.25, -0.2) is 14.6 Å². The van der Waals surface area contributed by atoms with E-state index < -0.39 is 12.1 Å². The Labute approximate surface area is 97.1 Å². The third-order valence-corrected chi connectivity index (χ3v) is 1.76. The second-order valence-corrected chi connectivity index (χ2v) is 3.06. The molecule has 17 heavy (non-hydrogen) atoms. The zero-order chi connectivity index (χ0) is 12.8. The zero-order valence-electron chi connectivity index (χ0n) is 9.23. The molecule has 0 radical (unpaired) electrons. The Balaban J connectivity index is 2.52. The van der Waals surface area contributed by atoms with E-state index in [0.29, 0.717) is 0 Å². The first-order valence-electron chi connectivity index (χ1n) is 4.75. The summed E-state index contributed by atoms with van der Waals surface area (Å²) in [5, 5.41) is 11.1. The number of aromatic carboxylic acids is 1. The summed E-state index contributed by atoms with van der Waals surface area (Å²) >= 11 is 0. The van der Waals surface area contributed by atoms with E-state index in [4.69, 9.17) is 9.52 Å². The van der Waals surface area contributed by atoms with Gasteiger partial charge in [0, 0.05) is 0 Å². The number of carboxylic acid groups (broad SMARTS) is 1. The van der Waals surface area contributed by atoms with E-state index in [1.54, 1.807) is 0 Å². The Kier molecular flexibility index (Phi) is 4.27. The smallest absolute Gasteiger partial charge is 0.407 e. The molecular formula is C10H12N2O5. The topological polar surface area (TPSA) is 102 Å². The van der Waals surface area contributed by atoms with Gasteiger partial charge in [-0.2, -0.15) is 0 Å². The summed E-state index contributed by atoms with van der Waals surface area (Å²) in [5.41, 5.74) is -0.166. The third-order valence-electron chi connectivity index (χ3n) is 1.76. The Morgan fingerprint density at radius 3 is 2.88 bits per heavy atom. The molecule has 2 N–H and O–H groups in total. The molecule has 0 aliphatic rings. The quantitative estimate of drug-likeness (QED) is 0.747. The summed E-state index contributed by atoms with van der Waals surface area (Å²) in [6, 6.07) is 0. The highest BCUT2D eigenvalue weighted by Gasteiger charge is 2.16. The summed E-state index contributed by atoms with van der Waals surface area (Å²) in [7, 11) is 0. The van der Waals surface area contributed by atoms with E-state index in [0.717, 1.165) is 0 Å². The minimum atomic E-state index is -1.17. The maximum Gasteiger partial charge on any atom is 0.407 e. The monoisotopic (exact) mass is 240 g/mol. The number of nitrogens with zero attached hydrogens (tertiary/aromatic N) is 1. The molecule has 0 spiro atoms. The fourth-order valence-electron chi connectivity index (χ4n) is 1.06. The lowest BCUT2D eigenvalue weighted by Gasteiger charge is -2.01. The third kappa shape index (κ3) is 3.63. The van der Waals surface area contributed by atoms with Crippen LogP contribution >= 0.6 is 0 Å². The molecule has 0 aliphatic heterocycles. The lowest BCUT2D eigenvalue weighted by Crippen LogP contribution is -2.24. The predicted octanol–water partition coefficient (Wildman–Crippen LogP) is 1.09. The number of carbonyl (C=O) groups is 2. The van der Waals surface area contributed by atoms with Crippen molar-refractivity contribution in [3.63, 3.8) is 0 Å². The van der Waals surface area contributed by atoms with E-state index in [1.165, 1.54) is 13.0 Å². The number of amides is 1. The molecule has 0 fully saturated rings. The largest absolute Gasteiger partial charge is 0.476 e. The molecule has 1 aromatic heterocycles.